The van der Waals surface area contributed by atoms with Crippen molar-refractivity contribution in [1.29, 1.82) is 0 Å². The summed E-state index contributed by atoms with van der Waals surface area (Å²) in [5.74, 6) is -1.57. The highest BCUT2D eigenvalue weighted by atomic mass is 19.1. The topological polar surface area (TPSA) is 58.4 Å². The van der Waals surface area contributed by atoms with Gasteiger partial charge in [-0.1, -0.05) is 0 Å². The normalized spacial score (nSPS) is 17.4. The van der Waals surface area contributed by atoms with Gasteiger partial charge in [0.15, 0.2) is 0 Å². The zero-order chi connectivity index (χ0) is 13.8. The van der Waals surface area contributed by atoms with Gasteiger partial charge < -0.3 is 11.1 Å². The summed E-state index contributed by atoms with van der Waals surface area (Å²) in [5.41, 5.74) is 5.64. The maximum atomic E-state index is 13.3. The predicted octanol–water partition coefficient (Wildman–Crippen LogP) is 1.33. The van der Waals surface area contributed by atoms with E-state index in [4.69, 9.17) is 5.73 Å². The third-order valence-corrected chi connectivity index (χ3v) is 3.20. The lowest BCUT2D eigenvalue weighted by Crippen LogP contribution is -2.43. The van der Waals surface area contributed by atoms with Gasteiger partial charge in [-0.05, 0) is 25.0 Å². The van der Waals surface area contributed by atoms with Gasteiger partial charge >= 0.3 is 0 Å². The number of piperidine rings is 1. The molecule has 6 heteroatoms. The maximum Gasteiger partial charge on any atom is 0.238 e. The van der Waals surface area contributed by atoms with E-state index in [9.17, 15) is 13.6 Å². The van der Waals surface area contributed by atoms with Crippen LogP contribution in [0.2, 0.25) is 0 Å². The fourth-order valence-corrected chi connectivity index (χ4v) is 2.10. The Bertz CT molecular complexity index is 459. The fourth-order valence-electron chi connectivity index (χ4n) is 2.10. The average molecular weight is 269 g/mol. The molecule has 0 aromatic heterocycles. The number of hydrogen-bond acceptors (Lipinski definition) is 3. The molecule has 1 aliphatic rings. The smallest absolute Gasteiger partial charge is 0.238 e. The third-order valence-electron chi connectivity index (χ3n) is 3.20. The van der Waals surface area contributed by atoms with E-state index in [1.807, 2.05) is 4.90 Å². The second kappa shape index (κ2) is 6.08. The molecule has 1 aliphatic heterocycles. The molecular weight excluding hydrogens is 252 g/mol. The first-order chi connectivity index (χ1) is 9.04. The van der Waals surface area contributed by atoms with E-state index >= 15 is 0 Å². The highest BCUT2D eigenvalue weighted by molar-refractivity contribution is 5.92. The molecular formula is C13H17F2N3O. The molecule has 4 nitrogen and oxygen atoms in total. The first-order valence-electron chi connectivity index (χ1n) is 6.27. The van der Waals surface area contributed by atoms with Gasteiger partial charge in [-0.3, -0.25) is 9.69 Å². The molecule has 1 saturated heterocycles. The number of rotatable bonds is 3. The number of carbonyl (C=O) groups is 1. The van der Waals surface area contributed by atoms with Crippen molar-refractivity contribution in [3.63, 3.8) is 0 Å². The number of halogens is 2. The lowest BCUT2D eigenvalue weighted by atomic mass is 10.1. The highest BCUT2D eigenvalue weighted by Crippen LogP contribution is 2.15. The average Bonchev–Trinajstić information content (AvgIpc) is 2.37. The zero-order valence-corrected chi connectivity index (χ0v) is 10.5. The Balaban J connectivity index is 1.89. The fraction of sp³-hybridized carbons (Fsp3) is 0.462. The zero-order valence-electron chi connectivity index (χ0n) is 10.5. The molecule has 1 fully saturated rings. The van der Waals surface area contributed by atoms with E-state index in [-0.39, 0.29) is 24.2 Å². The molecule has 0 bridgehead atoms. The number of nitrogens with one attached hydrogen (secondary N) is 1. The first kappa shape index (κ1) is 13.9. The summed E-state index contributed by atoms with van der Waals surface area (Å²) >= 11 is 0. The maximum absolute atomic E-state index is 13.3. The summed E-state index contributed by atoms with van der Waals surface area (Å²) in [6.07, 6.45) is 1.70. The van der Waals surface area contributed by atoms with Crippen molar-refractivity contribution in [2.45, 2.75) is 18.9 Å². The van der Waals surface area contributed by atoms with Crippen molar-refractivity contribution in [3.05, 3.63) is 29.8 Å². The summed E-state index contributed by atoms with van der Waals surface area (Å²) < 4.78 is 26.3. The molecule has 19 heavy (non-hydrogen) atoms. The summed E-state index contributed by atoms with van der Waals surface area (Å²) in [5, 5.41) is 2.38. The van der Waals surface area contributed by atoms with Crippen molar-refractivity contribution < 1.29 is 13.6 Å². The van der Waals surface area contributed by atoms with Crippen molar-refractivity contribution >= 4 is 11.6 Å². The molecule has 104 valence electrons. The van der Waals surface area contributed by atoms with Crippen molar-refractivity contribution in [2.24, 2.45) is 5.73 Å². The van der Waals surface area contributed by atoms with Crippen LogP contribution in [0.5, 0.6) is 0 Å². The summed E-state index contributed by atoms with van der Waals surface area (Å²) in [7, 11) is 0. The number of carbonyl (C=O) groups excluding carboxylic acids is 1. The molecule has 1 heterocycles. The molecule has 0 spiro atoms. The summed E-state index contributed by atoms with van der Waals surface area (Å²) in [4.78, 5) is 13.7. The van der Waals surface area contributed by atoms with Crippen molar-refractivity contribution in [3.8, 4) is 0 Å². The van der Waals surface area contributed by atoms with E-state index in [1.54, 1.807) is 0 Å². The lowest BCUT2D eigenvalue weighted by molar-refractivity contribution is -0.117. The minimum Gasteiger partial charge on any atom is -0.328 e. The minimum absolute atomic E-state index is 0.126. The molecule has 0 saturated carbocycles. The number of anilines is 1. The van der Waals surface area contributed by atoms with Gasteiger partial charge in [0.25, 0.3) is 0 Å². The van der Waals surface area contributed by atoms with Crippen LogP contribution in [0.25, 0.3) is 0 Å². The number of amides is 1. The van der Waals surface area contributed by atoms with Crippen LogP contribution < -0.4 is 11.1 Å². The number of nitrogens with two attached hydrogens (primary N) is 1. The minimum atomic E-state index is -0.643. The van der Waals surface area contributed by atoms with Crippen LogP contribution in [0.15, 0.2) is 18.2 Å². The van der Waals surface area contributed by atoms with Crippen LogP contribution in [0.1, 0.15) is 12.8 Å². The van der Waals surface area contributed by atoms with Gasteiger partial charge in [-0.15, -0.1) is 0 Å². The Kier molecular flexibility index (Phi) is 4.44. The number of hydrogen-bond donors (Lipinski definition) is 2. The third kappa shape index (κ3) is 3.97. The van der Waals surface area contributed by atoms with Gasteiger partial charge in [0.2, 0.25) is 5.91 Å². The molecule has 2 rings (SSSR count). The van der Waals surface area contributed by atoms with Gasteiger partial charge in [0, 0.05) is 25.2 Å². The predicted molar refractivity (Wildman–Crippen MR) is 68.6 cm³/mol. The van der Waals surface area contributed by atoms with E-state index in [2.05, 4.69) is 5.32 Å². The van der Waals surface area contributed by atoms with E-state index < -0.39 is 11.6 Å². The van der Waals surface area contributed by atoms with Gasteiger partial charge in [0.05, 0.1) is 12.2 Å². The Morgan fingerprint density at radius 1 is 1.37 bits per heavy atom. The Labute approximate surface area is 110 Å². The molecule has 0 atom stereocenters. The Hall–Kier alpha value is -1.53. The van der Waals surface area contributed by atoms with Crippen LogP contribution in [-0.2, 0) is 4.79 Å². The second-order valence-electron chi connectivity index (χ2n) is 4.79. The molecule has 1 aromatic carbocycles. The second-order valence-corrected chi connectivity index (χ2v) is 4.79. The summed E-state index contributed by atoms with van der Waals surface area (Å²) in [6.45, 7) is 1.67. The molecule has 3 N–H and O–H groups in total. The first-order valence-corrected chi connectivity index (χ1v) is 6.27. The van der Waals surface area contributed by atoms with Gasteiger partial charge in [-0.2, -0.15) is 0 Å². The molecule has 0 unspecified atom stereocenters. The van der Waals surface area contributed by atoms with Crippen molar-refractivity contribution in [2.75, 3.05) is 25.0 Å². The largest absolute Gasteiger partial charge is 0.328 e. The molecule has 1 aromatic rings. The Morgan fingerprint density at radius 2 is 2.05 bits per heavy atom. The molecule has 0 radical (unpaired) electrons. The highest BCUT2D eigenvalue weighted by Gasteiger charge is 2.18. The van der Waals surface area contributed by atoms with E-state index in [0.717, 1.165) is 44.1 Å². The standard InChI is InChI=1S/C13H17F2N3O/c14-9-1-2-11(15)12(7-9)17-13(19)8-18-5-3-10(16)4-6-18/h1-2,7,10H,3-6,8,16H2,(H,17,19). The van der Waals surface area contributed by atoms with Gasteiger partial charge in [0.1, 0.15) is 11.6 Å². The van der Waals surface area contributed by atoms with Crippen LogP contribution in [0, 0.1) is 11.6 Å². The number of nitrogens with zero attached hydrogens (tertiary/aromatic N) is 1. The Morgan fingerprint density at radius 3 is 2.74 bits per heavy atom. The van der Waals surface area contributed by atoms with Crippen LogP contribution in [0.4, 0.5) is 14.5 Å². The van der Waals surface area contributed by atoms with Crippen LogP contribution >= 0.6 is 0 Å². The molecule has 1 amide bonds. The number of benzene rings is 1. The van der Waals surface area contributed by atoms with E-state index in [0.29, 0.717) is 0 Å². The SMILES string of the molecule is NC1CCN(CC(=O)Nc2cc(F)ccc2F)CC1. The monoisotopic (exact) mass is 269 g/mol. The van der Waals surface area contributed by atoms with Crippen molar-refractivity contribution in [1.82, 2.24) is 4.90 Å². The van der Waals surface area contributed by atoms with Gasteiger partial charge in [-0.25, -0.2) is 8.78 Å². The van der Waals surface area contributed by atoms with Crippen LogP contribution in [0.3, 0.4) is 0 Å². The summed E-state index contributed by atoms with van der Waals surface area (Å²) in [6, 6.07) is 3.17. The lowest BCUT2D eigenvalue weighted by Gasteiger charge is -2.29. The molecule has 0 aliphatic carbocycles. The van der Waals surface area contributed by atoms with Crippen LogP contribution in [-0.4, -0.2) is 36.5 Å². The quantitative estimate of drug-likeness (QED) is 0.870. The number of likely N-dealkylation sites (tertiary alicyclic amines) is 1. The van der Waals surface area contributed by atoms with E-state index in [1.165, 1.54) is 0 Å².